The summed E-state index contributed by atoms with van der Waals surface area (Å²) >= 11 is 1.63. The van der Waals surface area contributed by atoms with Crippen molar-refractivity contribution in [3.8, 4) is 0 Å². The van der Waals surface area contributed by atoms with Crippen LogP contribution in [0.2, 0.25) is 0 Å². The summed E-state index contributed by atoms with van der Waals surface area (Å²) in [5, 5.41) is 0.705. The number of rotatable bonds is 1. The number of amides is 1. The van der Waals surface area contributed by atoms with Crippen molar-refractivity contribution in [2.24, 2.45) is 11.3 Å². The molecule has 0 radical (unpaired) electrons. The highest BCUT2D eigenvalue weighted by Gasteiger charge is 2.34. The molecule has 0 spiro atoms. The highest BCUT2D eigenvalue weighted by Crippen LogP contribution is 2.43. The molecule has 1 amide bonds. The van der Waals surface area contributed by atoms with E-state index in [4.69, 9.17) is 10.5 Å². The molecule has 1 aliphatic carbocycles. The van der Waals surface area contributed by atoms with Gasteiger partial charge in [0.2, 0.25) is 0 Å². The van der Waals surface area contributed by atoms with Crippen molar-refractivity contribution in [3.05, 3.63) is 16.0 Å². The zero-order valence-corrected chi connectivity index (χ0v) is 14.6. The van der Waals surface area contributed by atoms with E-state index >= 15 is 0 Å². The predicted octanol–water partition coefficient (Wildman–Crippen LogP) is 2.95. The lowest BCUT2D eigenvalue weighted by Crippen LogP contribution is -2.41. The van der Waals surface area contributed by atoms with E-state index in [1.807, 2.05) is 4.90 Å². The number of nitrogen functional groups attached to an aromatic ring is 1. The minimum atomic E-state index is 0.104. The van der Waals surface area contributed by atoms with Gasteiger partial charge in [0, 0.05) is 18.0 Å². The first-order valence-electron chi connectivity index (χ1n) is 8.15. The molecule has 22 heavy (non-hydrogen) atoms. The molecule has 4 nitrogen and oxygen atoms in total. The van der Waals surface area contributed by atoms with Gasteiger partial charge in [-0.25, -0.2) is 0 Å². The molecule has 2 heterocycles. The van der Waals surface area contributed by atoms with E-state index in [-0.39, 0.29) is 5.91 Å². The average molecular weight is 322 g/mol. The largest absolute Gasteiger partial charge is 0.390 e. The molecule has 0 saturated carbocycles. The van der Waals surface area contributed by atoms with Crippen LogP contribution in [-0.4, -0.2) is 37.1 Å². The Morgan fingerprint density at radius 2 is 2.00 bits per heavy atom. The van der Waals surface area contributed by atoms with Crippen LogP contribution in [0.25, 0.3) is 0 Å². The smallest absolute Gasteiger partial charge is 0.257 e. The quantitative estimate of drug-likeness (QED) is 0.865. The van der Waals surface area contributed by atoms with Gasteiger partial charge < -0.3 is 15.4 Å². The molecular formula is C17H26N2O2S. The Bertz CT molecular complexity index is 568. The van der Waals surface area contributed by atoms with Crippen LogP contribution in [0.15, 0.2) is 0 Å². The second-order valence-electron chi connectivity index (χ2n) is 7.45. The average Bonchev–Trinajstić information content (AvgIpc) is 2.81. The highest BCUT2D eigenvalue weighted by molar-refractivity contribution is 7.16. The standard InChI is InChI=1S/C17H26N2O2S/c1-17(2,3)11-4-5-12-13(10-11)22-15(18)14(12)16(20)19-6-8-21-9-7-19/h11H,4-10,18H2,1-3H3/t11-/m1/s1. The van der Waals surface area contributed by atoms with E-state index in [9.17, 15) is 4.79 Å². The number of morpholine rings is 1. The van der Waals surface area contributed by atoms with Crippen molar-refractivity contribution in [3.63, 3.8) is 0 Å². The fourth-order valence-electron chi connectivity index (χ4n) is 3.51. The first-order chi connectivity index (χ1) is 10.4. The van der Waals surface area contributed by atoms with Crippen LogP contribution in [0, 0.1) is 11.3 Å². The first-order valence-corrected chi connectivity index (χ1v) is 8.96. The maximum atomic E-state index is 12.8. The number of hydrogen-bond donors (Lipinski definition) is 1. The van der Waals surface area contributed by atoms with E-state index in [2.05, 4.69) is 20.8 Å². The van der Waals surface area contributed by atoms with Gasteiger partial charge >= 0.3 is 0 Å². The molecule has 2 aliphatic rings. The van der Waals surface area contributed by atoms with Crippen LogP contribution < -0.4 is 5.73 Å². The fraction of sp³-hybridized carbons (Fsp3) is 0.706. The zero-order chi connectivity index (χ0) is 15.9. The third kappa shape index (κ3) is 2.88. The van der Waals surface area contributed by atoms with Crippen LogP contribution in [0.4, 0.5) is 5.00 Å². The molecule has 0 unspecified atom stereocenters. The number of anilines is 1. The van der Waals surface area contributed by atoms with Crippen molar-refractivity contribution in [1.82, 2.24) is 4.90 Å². The Morgan fingerprint density at radius 1 is 1.32 bits per heavy atom. The first kappa shape index (κ1) is 15.8. The molecule has 0 bridgehead atoms. The van der Waals surface area contributed by atoms with E-state index in [0.717, 1.165) is 24.8 Å². The van der Waals surface area contributed by atoms with E-state index in [0.29, 0.717) is 42.6 Å². The number of carbonyl (C=O) groups is 1. The number of carbonyl (C=O) groups excluding carboxylic acids is 1. The molecule has 1 fully saturated rings. The summed E-state index contributed by atoms with van der Waals surface area (Å²) in [6, 6.07) is 0. The van der Waals surface area contributed by atoms with Crippen LogP contribution in [-0.2, 0) is 17.6 Å². The lowest BCUT2D eigenvalue weighted by atomic mass is 9.72. The van der Waals surface area contributed by atoms with Crippen molar-refractivity contribution in [2.75, 3.05) is 32.0 Å². The Balaban J connectivity index is 1.86. The molecule has 1 atom stereocenters. The van der Waals surface area contributed by atoms with Crippen LogP contribution in [0.5, 0.6) is 0 Å². The molecular weight excluding hydrogens is 296 g/mol. The third-order valence-electron chi connectivity index (χ3n) is 5.03. The van der Waals surface area contributed by atoms with Crippen LogP contribution >= 0.6 is 11.3 Å². The Hall–Kier alpha value is -1.07. The minimum Gasteiger partial charge on any atom is -0.390 e. The molecule has 0 aromatic carbocycles. The summed E-state index contributed by atoms with van der Waals surface area (Å²) in [6.45, 7) is 9.52. The van der Waals surface area contributed by atoms with Crippen molar-refractivity contribution in [1.29, 1.82) is 0 Å². The van der Waals surface area contributed by atoms with Crippen LogP contribution in [0.3, 0.4) is 0 Å². The zero-order valence-electron chi connectivity index (χ0n) is 13.8. The van der Waals surface area contributed by atoms with Crippen molar-refractivity contribution >= 4 is 22.2 Å². The Morgan fingerprint density at radius 3 is 2.64 bits per heavy atom. The number of hydrogen-bond acceptors (Lipinski definition) is 4. The second kappa shape index (κ2) is 5.85. The SMILES string of the molecule is CC(C)(C)[C@@H]1CCc2c(sc(N)c2C(=O)N2CCOCC2)C1. The molecule has 3 rings (SSSR count). The summed E-state index contributed by atoms with van der Waals surface area (Å²) in [5.41, 5.74) is 8.54. The number of ether oxygens (including phenoxy) is 1. The van der Waals surface area contributed by atoms with Gasteiger partial charge in [0.1, 0.15) is 0 Å². The maximum absolute atomic E-state index is 12.8. The minimum absolute atomic E-state index is 0.104. The fourth-order valence-corrected chi connectivity index (χ4v) is 4.70. The Labute approximate surface area is 136 Å². The molecule has 1 aliphatic heterocycles. The number of nitrogens with zero attached hydrogens (tertiary/aromatic N) is 1. The lowest BCUT2D eigenvalue weighted by Gasteiger charge is -2.34. The summed E-state index contributed by atoms with van der Waals surface area (Å²) in [7, 11) is 0. The second-order valence-corrected chi connectivity index (χ2v) is 8.59. The van der Waals surface area contributed by atoms with Gasteiger partial charge in [0.15, 0.2) is 0 Å². The van der Waals surface area contributed by atoms with Gasteiger partial charge in [-0.1, -0.05) is 20.8 Å². The van der Waals surface area contributed by atoms with Gasteiger partial charge in [-0.05, 0) is 36.2 Å². The van der Waals surface area contributed by atoms with Gasteiger partial charge in [-0.3, -0.25) is 4.79 Å². The molecule has 5 heteroatoms. The predicted molar refractivity (Wildman–Crippen MR) is 90.4 cm³/mol. The summed E-state index contributed by atoms with van der Waals surface area (Å²) in [4.78, 5) is 16.0. The molecule has 1 aromatic rings. The van der Waals surface area contributed by atoms with E-state index in [1.54, 1.807) is 11.3 Å². The monoisotopic (exact) mass is 322 g/mol. The van der Waals surface area contributed by atoms with E-state index in [1.165, 1.54) is 10.4 Å². The van der Waals surface area contributed by atoms with Crippen molar-refractivity contribution < 1.29 is 9.53 Å². The number of thiophene rings is 1. The summed E-state index contributed by atoms with van der Waals surface area (Å²) in [6.07, 6.45) is 3.19. The Kier molecular flexibility index (Phi) is 4.21. The number of nitrogens with two attached hydrogens (primary N) is 1. The molecule has 2 N–H and O–H groups in total. The van der Waals surface area contributed by atoms with E-state index < -0.39 is 0 Å². The maximum Gasteiger partial charge on any atom is 0.257 e. The summed E-state index contributed by atoms with van der Waals surface area (Å²) < 4.78 is 5.34. The van der Waals surface area contributed by atoms with Crippen LogP contribution in [0.1, 0.15) is 48.0 Å². The summed E-state index contributed by atoms with van der Waals surface area (Å²) in [5.74, 6) is 0.775. The lowest BCUT2D eigenvalue weighted by molar-refractivity contribution is 0.0303. The normalized spacial score (nSPS) is 22.5. The van der Waals surface area contributed by atoms with Gasteiger partial charge in [0.25, 0.3) is 5.91 Å². The topological polar surface area (TPSA) is 55.6 Å². The third-order valence-corrected chi connectivity index (χ3v) is 6.11. The molecule has 122 valence electrons. The van der Waals surface area contributed by atoms with Crippen molar-refractivity contribution in [2.45, 2.75) is 40.0 Å². The van der Waals surface area contributed by atoms with Gasteiger partial charge in [-0.2, -0.15) is 0 Å². The number of fused-ring (bicyclic) bond motifs is 1. The van der Waals surface area contributed by atoms with Gasteiger partial charge in [-0.15, -0.1) is 11.3 Å². The highest BCUT2D eigenvalue weighted by atomic mass is 32.1. The van der Waals surface area contributed by atoms with Gasteiger partial charge in [0.05, 0.1) is 23.8 Å². The molecule has 1 saturated heterocycles. The molecule has 1 aromatic heterocycles.